The van der Waals surface area contributed by atoms with E-state index in [2.05, 4.69) is 10.6 Å². The van der Waals surface area contributed by atoms with E-state index in [1.807, 2.05) is 43.3 Å². The minimum atomic E-state index is -0.201. The van der Waals surface area contributed by atoms with Gasteiger partial charge in [0, 0.05) is 23.7 Å². The van der Waals surface area contributed by atoms with Crippen LogP contribution in [-0.2, 0) is 4.79 Å². The molecule has 0 aliphatic carbocycles. The highest BCUT2D eigenvalue weighted by Gasteiger charge is 2.11. The van der Waals surface area contributed by atoms with Crippen molar-refractivity contribution in [3.05, 3.63) is 66.2 Å². The lowest BCUT2D eigenvalue weighted by molar-refractivity contribution is -0.116. The lowest BCUT2D eigenvalue weighted by atomic mass is 10.1. The molecule has 5 nitrogen and oxygen atoms in total. The molecule has 144 valence electrons. The zero-order valence-corrected chi connectivity index (χ0v) is 16.1. The fourth-order valence-electron chi connectivity index (χ4n) is 2.96. The molecule has 2 N–H and O–H groups in total. The molecule has 3 rings (SSSR count). The van der Waals surface area contributed by atoms with Gasteiger partial charge in [0.1, 0.15) is 5.75 Å². The number of rotatable bonds is 7. The van der Waals surface area contributed by atoms with Crippen LogP contribution >= 0.6 is 0 Å². The molecule has 2 amide bonds. The number of ether oxygens (including phenoxy) is 1. The van der Waals surface area contributed by atoms with Gasteiger partial charge in [-0.25, -0.2) is 0 Å². The molecule has 0 fully saturated rings. The van der Waals surface area contributed by atoms with Crippen LogP contribution in [0.15, 0.2) is 60.7 Å². The first kappa shape index (κ1) is 19.4. The second kappa shape index (κ2) is 9.04. The summed E-state index contributed by atoms with van der Waals surface area (Å²) in [4.78, 5) is 24.6. The summed E-state index contributed by atoms with van der Waals surface area (Å²) in [6, 6.07) is 18.7. The first-order valence-corrected chi connectivity index (χ1v) is 9.38. The molecule has 5 heteroatoms. The highest BCUT2D eigenvalue weighted by atomic mass is 16.5. The summed E-state index contributed by atoms with van der Waals surface area (Å²) in [5, 5.41) is 7.83. The number of hydrogen-bond donors (Lipinski definition) is 2. The minimum Gasteiger partial charge on any atom is -0.494 e. The van der Waals surface area contributed by atoms with Crippen LogP contribution in [0, 0.1) is 0 Å². The average molecular weight is 376 g/mol. The van der Waals surface area contributed by atoms with Gasteiger partial charge in [0.25, 0.3) is 5.91 Å². The van der Waals surface area contributed by atoms with Crippen LogP contribution < -0.4 is 15.4 Å². The maximum Gasteiger partial charge on any atom is 0.255 e. The van der Waals surface area contributed by atoms with Gasteiger partial charge in [0.05, 0.1) is 12.8 Å². The fraction of sp³-hybridized carbons (Fsp3) is 0.217. The van der Waals surface area contributed by atoms with Gasteiger partial charge < -0.3 is 15.4 Å². The Morgan fingerprint density at radius 3 is 2.46 bits per heavy atom. The highest BCUT2D eigenvalue weighted by molar-refractivity contribution is 6.06. The molecule has 0 atom stereocenters. The summed E-state index contributed by atoms with van der Waals surface area (Å²) in [6.45, 7) is 2.04. The van der Waals surface area contributed by atoms with Crippen LogP contribution in [0.5, 0.6) is 5.75 Å². The Kier molecular flexibility index (Phi) is 6.27. The second-order valence-corrected chi connectivity index (χ2v) is 6.58. The largest absolute Gasteiger partial charge is 0.494 e. The van der Waals surface area contributed by atoms with Crippen molar-refractivity contribution in [2.24, 2.45) is 0 Å². The van der Waals surface area contributed by atoms with E-state index in [1.165, 1.54) is 7.11 Å². The number of unbranched alkanes of at least 4 members (excludes halogenated alkanes) is 1. The van der Waals surface area contributed by atoms with Crippen LogP contribution in [0.25, 0.3) is 10.8 Å². The van der Waals surface area contributed by atoms with E-state index in [1.54, 1.807) is 24.3 Å². The standard InChI is InChI=1S/C23H24N2O3/c1-3-4-9-22(26)25-20-13-12-19(15-21(20)28-2)24-23(27)18-11-10-16-7-5-6-8-17(16)14-18/h5-8,10-15H,3-4,9H2,1-2H3,(H,24,27)(H,25,26). The summed E-state index contributed by atoms with van der Waals surface area (Å²) < 4.78 is 5.37. The summed E-state index contributed by atoms with van der Waals surface area (Å²) in [7, 11) is 1.53. The summed E-state index contributed by atoms with van der Waals surface area (Å²) in [5.41, 5.74) is 1.77. The van der Waals surface area contributed by atoms with Crippen LogP contribution in [0.3, 0.4) is 0 Å². The molecule has 0 aliphatic rings. The van der Waals surface area contributed by atoms with Crippen LogP contribution in [0.2, 0.25) is 0 Å². The minimum absolute atomic E-state index is 0.0481. The summed E-state index contributed by atoms with van der Waals surface area (Å²) in [6.07, 6.45) is 2.28. The topological polar surface area (TPSA) is 67.4 Å². The van der Waals surface area contributed by atoms with E-state index in [-0.39, 0.29) is 11.8 Å². The third-order valence-corrected chi connectivity index (χ3v) is 4.50. The van der Waals surface area contributed by atoms with Crippen molar-refractivity contribution in [3.63, 3.8) is 0 Å². The molecule has 0 radical (unpaired) electrons. The van der Waals surface area contributed by atoms with E-state index < -0.39 is 0 Å². The maximum atomic E-state index is 12.6. The molecule has 0 saturated heterocycles. The molecule has 0 aliphatic heterocycles. The van der Waals surface area contributed by atoms with Crippen LogP contribution in [-0.4, -0.2) is 18.9 Å². The number of benzene rings is 3. The van der Waals surface area contributed by atoms with E-state index in [4.69, 9.17) is 4.74 Å². The van der Waals surface area contributed by atoms with Crippen molar-refractivity contribution in [2.75, 3.05) is 17.7 Å². The number of anilines is 2. The molecular formula is C23H24N2O3. The van der Waals surface area contributed by atoms with E-state index in [0.717, 1.165) is 23.6 Å². The number of carbonyl (C=O) groups excluding carboxylic acids is 2. The van der Waals surface area contributed by atoms with Crippen LogP contribution in [0.4, 0.5) is 11.4 Å². The molecular weight excluding hydrogens is 352 g/mol. The van der Waals surface area contributed by atoms with Gasteiger partial charge in [-0.1, -0.05) is 43.7 Å². The number of amides is 2. The normalized spacial score (nSPS) is 10.5. The molecule has 0 aromatic heterocycles. The van der Waals surface area contributed by atoms with Gasteiger partial charge in [-0.3, -0.25) is 9.59 Å². The Bertz CT molecular complexity index is 998. The molecule has 0 saturated carbocycles. The fourth-order valence-corrected chi connectivity index (χ4v) is 2.96. The van der Waals surface area contributed by atoms with E-state index >= 15 is 0 Å². The zero-order chi connectivity index (χ0) is 19.9. The SMILES string of the molecule is CCCCC(=O)Nc1ccc(NC(=O)c2ccc3ccccc3c2)cc1OC. The molecule has 0 bridgehead atoms. The molecule has 28 heavy (non-hydrogen) atoms. The van der Waals surface area contributed by atoms with Crippen LogP contribution in [0.1, 0.15) is 36.5 Å². The Hall–Kier alpha value is -3.34. The molecule has 3 aromatic carbocycles. The van der Waals surface area contributed by atoms with Crippen molar-refractivity contribution in [2.45, 2.75) is 26.2 Å². The Morgan fingerprint density at radius 2 is 1.71 bits per heavy atom. The Morgan fingerprint density at radius 1 is 0.929 bits per heavy atom. The quantitative estimate of drug-likeness (QED) is 0.593. The Labute approximate surface area is 164 Å². The highest BCUT2D eigenvalue weighted by Crippen LogP contribution is 2.28. The van der Waals surface area contributed by atoms with Crippen molar-refractivity contribution >= 4 is 34.0 Å². The number of hydrogen-bond acceptors (Lipinski definition) is 3. The molecule has 0 heterocycles. The second-order valence-electron chi connectivity index (χ2n) is 6.58. The van der Waals surface area contributed by atoms with Crippen molar-refractivity contribution in [1.82, 2.24) is 0 Å². The smallest absolute Gasteiger partial charge is 0.255 e. The third-order valence-electron chi connectivity index (χ3n) is 4.50. The predicted molar refractivity (Wildman–Crippen MR) is 113 cm³/mol. The lowest BCUT2D eigenvalue weighted by Crippen LogP contribution is -2.13. The van der Waals surface area contributed by atoms with Gasteiger partial charge in [-0.05, 0) is 41.5 Å². The first-order valence-electron chi connectivity index (χ1n) is 9.38. The summed E-state index contributed by atoms with van der Waals surface area (Å²) in [5.74, 6) is 0.252. The van der Waals surface area contributed by atoms with Gasteiger partial charge in [-0.15, -0.1) is 0 Å². The maximum absolute atomic E-state index is 12.6. The number of methoxy groups -OCH3 is 1. The zero-order valence-electron chi connectivity index (χ0n) is 16.1. The van der Waals surface area contributed by atoms with Gasteiger partial charge >= 0.3 is 0 Å². The van der Waals surface area contributed by atoms with E-state index in [9.17, 15) is 9.59 Å². The number of carbonyl (C=O) groups is 2. The molecule has 3 aromatic rings. The van der Waals surface area contributed by atoms with Gasteiger partial charge in [-0.2, -0.15) is 0 Å². The number of fused-ring (bicyclic) bond motifs is 1. The monoisotopic (exact) mass is 376 g/mol. The first-order chi connectivity index (χ1) is 13.6. The predicted octanol–water partition coefficient (Wildman–Crippen LogP) is 5.23. The number of nitrogens with one attached hydrogen (secondary N) is 2. The van der Waals surface area contributed by atoms with Crippen molar-refractivity contribution in [1.29, 1.82) is 0 Å². The molecule has 0 unspecified atom stereocenters. The van der Waals surface area contributed by atoms with Gasteiger partial charge in [0.15, 0.2) is 0 Å². The van der Waals surface area contributed by atoms with Gasteiger partial charge in [0.2, 0.25) is 5.91 Å². The van der Waals surface area contributed by atoms with Crippen molar-refractivity contribution < 1.29 is 14.3 Å². The Balaban J connectivity index is 1.74. The summed E-state index contributed by atoms with van der Waals surface area (Å²) >= 11 is 0. The average Bonchev–Trinajstić information content (AvgIpc) is 2.72. The van der Waals surface area contributed by atoms with E-state index in [0.29, 0.717) is 29.1 Å². The molecule has 0 spiro atoms. The lowest BCUT2D eigenvalue weighted by Gasteiger charge is -2.13. The third kappa shape index (κ3) is 4.68. The van der Waals surface area contributed by atoms with Crippen molar-refractivity contribution in [3.8, 4) is 5.75 Å².